The number of nitrogens with zero attached hydrogens (tertiary/aromatic N) is 1. The molecular weight excluding hydrogens is 204 g/mol. The summed E-state index contributed by atoms with van der Waals surface area (Å²) < 4.78 is 0. The molecule has 0 saturated carbocycles. The molecule has 88 valence electrons. The summed E-state index contributed by atoms with van der Waals surface area (Å²) in [5.74, 6) is -0.746. The van der Waals surface area contributed by atoms with E-state index in [9.17, 15) is 4.79 Å². The van der Waals surface area contributed by atoms with Gasteiger partial charge in [0.25, 0.3) is 0 Å². The Labute approximate surface area is 95.9 Å². The first-order valence-electron chi connectivity index (χ1n) is 5.32. The van der Waals surface area contributed by atoms with Crippen LogP contribution in [-0.4, -0.2) is 31.7 Å². The largest absolute Gasteiger partial charge is 0.481 e. The first-order chi connectivity index (χ1) is 7.59. The van der Waals surface area contributed by atoms with E-state index in [1.807, 2.05) is 43.3 Å². The van der Waals surface area contributed by atoms with Crippen molar-refractivity contribution in [3.8, 4) is 0 Å². The average Bonchev–Trinajstić information content (AvgIpc) is 2.24. The molecule has 0 spiro atoms. The number of anilines is 2. The molecule has 0 aliphatic heterocycles. The Balaban J connectivity index is 2.42. The molecule has 4 heteroatoms. The Morgan fingerprint density at radius 3 is 2.81 bits per heavy atom. The smallest absolute Gasteiger partial charge is 0.303 e. The van der Waals surface area contributed by atoms with Gasteiger partial charge in [0, 0.05) is 38.4 Å². The number of benzene rings is 1. The van der Waals surface area contributed by atoms with E-state index in [-0.39, 0.29) is 6.42 Å². The van der Waals surface area contributed by atoms with Gasteiger partial charge in [-0.3, -0.25) is 4.79 Å². The summed E-state index contributed by atoms with van der Waals surface area (Å²) in [7, 11) is 3.98. The number of carboxylic acids is 1. The number of carbonyl (C=O) groups is 1. The highest BCUT2D eigenvalue weighted by atomic mass is 16.4. The fourth-order valence-corrected chi connectivity index (χ4v) is 1.37. The Kier molecular flexibility index (Phi) is 4.64. The first-order valence-corrected chi connectivity index (χ1v) is 5.32. The fourth-order valence-electron chi connectivity index (χ4n) is 1.37. The van der Waals surface area contributed by atoms with Gasteiger partial charge in [-0.25, -0.2) is 0 Å². The molecule has 0 aliphatic rings. The van der Waals surface area contributed by atoms with Crippen molar-refractivity contribution < 1.29 is 9.90 Å². The minimum atomic E-state index is -0.746. The molecule has 0 aliphatic carbocycles. The van der Waals surface area contributed by atoms with E-state index in [1.165, 1.54) is 0 Å². The molecule has 16 heavy (non-hydrogen) atoms. The number of hydrogen-bond acceptors (Lipinski definition) is 3. The van der Waals surface area contributed by atoms with Crippen molar-refractivity contribution in [3.05, 3.63) is 24.3 Å². The van der Waals surface area contributed by atoms with Crippen molar-refractivity contribution in [3.63, 3.8) is 0 Å². The minimum Gasteiger partial charge on any atom is -0.481 e. The summed E-state index contributed by atoms with van der Waals surface area (Å²) >= 11 is 0. The molecule has 0 fully saturated rings. The van der Waals surface area contributed by atoms with Crippen molar-refractivity contribution >= 4 is 17.3 Å². The Morgan fingerprint density at radius 2 is 2.19 bits per heavy atom. The van der Waals surface area contributed by atoms with Crippen molar-refractivity contribution in [1.29, 1.82) is 0 Å². The van der Waals surface area contributed by atoms with Crippen LogP contribution in [0.1, 0.15) is 12.8 Å². The van der Waals surface area contributed by atoms with Gasteiger partial charge in [0.05, 0.1) is 0 Å². The van der Waals surface area contributed by atoms with Crippen molar-refractivity contribution in [2.75, 3.05) is 30.9 Å². The zero-order chi connectivity index (χ0) is 12.0. The normalized spacial score (nSPS) is 9.88. The van der Waals surface area contributed by atoms with E-state index < -0.39 is 5.97 Å². The first kappa shape index (κ1) is 12.4. The highest BCUT2D eigenvalue weighted by Crippen LogP contribution is 2.17. The second-order valence-electron chi connectivity index (χ2n) is 3.87. The second-order valence-corrected chi connectivity index (χ2v) is 3.87. The van der Waals surface area contributed by atoms with Crippen LogP contribution in [0.15, 0.2) is 24.3 Å². The summed E-state index contributed by atoms with van der Waals surface area (Å²) in [6, 6.07) is 8.03. The van der Waals surface area contributed by atoms with Gasteiger partial charge >= 0.3 is 5.97 Å². The molecule has 0 heterocycles. The van der Waals surface area contributed by atoms with Crippen LogP contribution in [0.2, 0.25) is 0 Å². The van der Waals surface area contributed by atoms with Crippen LogP contribution in [0.5, 0.6) is 0 Å². The maximum Gasteiger partial charge on any atom is 0.303 e. The predicted octanol–water partition coefficient (Wildman–Crippen LogP) is 2.03. The topological polar surface area (TPSA) is 52.6 Å². The Bertz CT molecular complexity index is 351. The lowest BCUT2D eigenvalue weighted by molar-refractivity contribution is -0.137. The van der Waals surface area contributed by atoms with Crippen molar-refractivity contribution in [2.45, 2.75) is 12.8 Å². The van der Waals surface area contributed by atoms with Crippen LogP contribution in [0.4, 0.5) is 11.4 Å². The predicted molar refractivity (Wildman–Crippen MR) is 66.1 cm³/mol. The van der Waals surface area contributed by atoms with E-state index in [4.69, 9.17) is 5.11 Å². The van der Waals surface area contributed by atoms with Gasteiger partial charge in [-0.2, -0.15) is 0 Å². The van der Waals surface area contributed by atoms with E-state index in [1.54, 1.807) is 0 Å². The molecule has 0 atom stereocenters. The SMILES string of the molecule is CN(C)c1cccc(NCCCC(=O)O)c1. The number of nitrogens with one attached hydrogen (secondary N) is 1. The van der Waals surface area contributed by atoms with Gasteiger partial charge in [0.2, 0.25) is 0 Å². The summed E-state index contributed by atoms with van der Waals surface area (Å²) in [6.45, 7) is 0.684. The molecule has 4 nitrogen and oxygen atoms in total. The molecule has 1 rings (SSSR count). The lowest BCUT2D eigenvalue weighted by Gasteiger charge is -2.14. The second kappa shape index (κ2) is 6.00. The van der Waals surface area contributed by atoms with E-state index in [0.29, 0.717) is 13.0 Å². The molecule has 2 N–H and O–H groups in total. The number of rotatable bonds is 6. The van der Waals surface area contributed by atoms with Gasteiger partial charge in [-0.1, -0.05) is 6.07 Å². The van der Waals surface area contributed by atoms with Crippen LogP contribution in [0.3, 0.4) is 0 Å². The van der Waals surface area contributed by atoms with Gasteiger partial charge in [-0.15, -0.1) is 0 Å². The van der Waals surface area contributed by atoms with Gasteiger partial charge in [0.15, 0.2) is 0 Å². The lowest BCUT2D eigenvalue weighted by atomic mass is 10.2. The monoisotopic (exact) mass is 222 g/mol. The maximum absolute atomic E-state index is 10.3. The highest BCUT2D eigenvalue weighted by molar-refractivity contribution is 5.66. The summed E-state index contributed by atoms with van der Waals surface area (Å²) in [5.41, 5.74) is 2.15. The van der Waals surface area contributed by atoms with Crippen LogP contribution >= 0.6 is 0 Å². The summed E-state index contributed by atoms with van der Waals surface area (Å²) in [6.07, 6.45) is 0.849. The molecule has 0 unspecified atom stereocenters. The summed E-state index contributed by atoms with van der Waals surface area (Å²) in [4.78, 5) is 12.3. The van der Waals surface area contributed by atoms with Crippen LogP contribution in [0, 0.1) is 0 Å². The number of aliphatic carboxylic acids is 1. The van der Waals surface area contributed by atoms with Crippen molar-refractivity contribution in [2.24, 2.45) is 0 Å². The average molecular weight is 222 g/mol. The third-order valence-corrected chi connectivity index (χ3v) is 2.26. The molecule has 0 saturated heterocycles. The number of carboxylic acid groups (broad SMARTS) is 1. The molecule has 0 aromatic heterocycles. The summed E-state index contributed by atoms with van der Waals surface area (Å²) in [5, 5.41) is 11.7. The van der Waals surface area contributed by atoms with Gasteiger partial charge in [0.1, 0.15) is 0 Å². The Hall–Kier alpha value is -1.71. The quantitative estimate of drug-likeness (QED) is 0.723. The van der Waals surface area contributed by atoms with Gasteiger partial charge < -0.3 is 15.3 Å². The fraction of sp³-hybridized carbons (Fsp3) is 0.417. The molecule has 1 aromatic rings. The molecule has 1 aromatic carbocycles. The number of hydrogen-bond donors (Lipinski definition) is 2. The van der Waals surface area contributed by atoms with Crippen LogP contribution in [-0.2, 0) is 4.79 Å². The van der Waals surface area contributed by atoms with E-state index >= 15 is 0 Å². The maximum atomic E-state index is 10.3. The van der Waals surface area contributed by atoms with Gasteiger partial charge in [-0.05, 0) is 24.6 Å². The standard InChI is InChI=1S/C12H18N2O2/c1-14(2)11-6-3-5-10(9-11)13-8-4-7-12(15)16/h3,5-6,9,13H,4,7-8H2,1-2H3,(H,15,16). The third kappa shape index (κ3) is 4.21. The minimum absolute atomic E-state index is 0.209. The van der Waals surface area contributed by atoms with Crippen LogP contribution < -0.4 is 10.2 Å². The third-order valence-electron chi connectivity index (χ3n) is 2.26. The lowest BCUT2D eigenvalue weighted by Crippen LogP contribution is -2.09. The Morgan fingerprint density at radius 1 is 1.44 bits per heavy atom. The highest BCUT2D eigenvalue weighted by Gasteiger charge is 1.98. The zero-order valence-electron chi connectivity index (χ0n) is 9.73. The van der Waals surface area contributed by atoms with E-state index in [2.05, 4.69) is 5.32 Å². The molecule has 0 bridgehead atoms. The van der Waals surface area contributed by atoms with E-state index in [0.717, 1.165) is 11.4 Å². The zero-order valence-corrected chi connectivity index (χ0v) is 9.73. The van der Waals surface area contributed by atoms with Crippen molar-refractivity contribution in [1.82, 2.24) is 0 Å². The molecule has 0 radical (unpaired) electrons. The molecular formula is C12H18N2O2. The van der Waals surface area contributed by atoms with Crippen LogP contribution in [0.25, 0.3) is 0 Å². The molecule has 0 amide bonds.